The fourth-order valence-corrected chi connectivity index (χ4v) is 3.03. The zero-order valence-electron chi connectivity index (χ0n) is 15.7. The molecule has 0 aliphatic heterocycles. The maximum Gasteiger partial charge on any atom is 0.293 e. The second kappa shape index (κ2) is 9.18. The molecule has 0 radical (unpaired) electrons. The average molecular weight is 474 g/mol. The fourth-order valence-electron chi connectivity index (χ4n) is 2.53. The van der Waals surface area contributed by atoms with Crippen LogP contribution in [-0.2, 0) is 6.54 Å². The maximum absolute atomic E-state index is 12.3. The van der Waals surface area contributed by atoms with E-state index in [0.717, 1.165) is 5.56 Å². The third kappa shape index (κ3) is 5.00. The van der Waals surface area contributed by atoms with Crippen LogP contribution >= 0.6 is 15.9 Å². The first-order valence-electron chi connectivity index (χ1n) is 8.54. The molecule has 0 saturated heterocycles. The summed E-state index contributed by atoms with van der Waals surface area (Å²) in [6.45, 7) is 0.334. The summed E-state index contributed by atoms with van der Waals surface area (Å²) >= 11 is 3.30. The number of aromatic nitrogens is 2. The molecule has 1 heterocycles. The van der Waals surface area contributed by atoms with E-state index in [4.69, 9.17) is 4.74 Å². The van der Waals surface area contributed by atoms with Crippen molar-refractivity contribution in [2.45, 2.75) is 6.54 Å². The Morgan fingerprint density at radius 3 is 2.77 bits per heavy atom. The van der Waals surface area contributed by atoms with Crippen LogP contribution in [0.1, 0.15) is 21.6 Å². The number of carbonyl (C=O) groups is 1. The number of amides is 1. The van der Waals surface area contributed by atoms with Gasteiger partial charge in [-0.3, -0.25) is 19.6 Å². The van der Waals surface area contributed by atoms with Crippen LogP contribution in [0.15, 0.2) is 58.2 Å². The number of nitro groups is 1. The molecule has 0 fully saturated rings. The summed E-state index contributed by atoms with van der Waals surface area (Å²) in [7, 11) is 1.43. The Kier molecular flexibility index (Phi) is 6.42. The van der Waals surface area contributed by atoms with Crippen molar-refractivity contribution in [2.75, 3.05) is 7.11 Å². The van der Waals surface area contributed by atoms with Gasteiger partial charge in [0.2, 0.25) is 0 Å². The highest BCUT2D eigenvalue weighted by Gasteiger charge is 2.15. The van der Waals surface area contributed by atoms with Crippen LogP contribution in [0.5, 0.6) is 11.5 Å². The van der Waals surface area contributed by atoms with Gasteiger partial charge in [0, 0.05) is 18.3 Å². The van der Waals surface area contributed by atoms with Gasteiger partial charge in [0.25, 0.3) is 11.6 Å². The first-order valence-corrected chi connectivity index (χ1v) is 9.33. The largest absolute Gasteiger partial charge is 0.504 e. The number of hydrazone groups is 1. The smallest absolute Gasteiger partial charge is 0.293 e. The van der Waals surface area contributed by atoms with E-state index in [2.05, 4.69) is 31.6 Å². The first kappa shape index (κ1) is 21.0. The lowest BCUT2D eigenvalue weighted by Crippen LogP contribution is -2.19. The molecule has 2 aromatic carbocycles. The van der Waals surface area contributed by atoms with Gasteiger partial charge in [0.05, 0.1) is 29.3 Å². The van der Waals surface area contributed by atoms with E-state index in [0.29, 0.717) is 16.6 Å². The maximum atomic E-state index is 12.3. The highest BCUT2D eigenvalue weighted by atomic mass is 79.9. The quantitative estimate of drug-likeness (QED) is 0.307. The Hall–Kier alpha value is -3.73. The van der Waals surface area contributed by atoms with Gasteiger partial charge < -0.3 is 9.84 Å². The molecule has 0 bridgehead atoms. The van der Waals surface area contributed by atoms with Crippen LogP contribution < -0.4 is 10.2 Å². The summed E-state index contributed by atoms with van der Waals surface area (Å²) in [4.78, 5) is 22.6. The number of hydrogen-bond acceptors (Lipinski definition) is 7. The molecular weight excluding hydrogens is 458 g/mol. The number of nitrogens with zero attached hydrogens (tertiary/aromatic N) is 4. The van der Waals surface area contributed by atoms with Gasteiger partial charge in [-0.15, -0.1) is 0 Å². The second-order valence-corrected chi connectivity index (χ2v) is 6.93. The van der Waals surface area contributed by atoms with Gasteiger partial charge in [0.15, 0.2) is 17.2 Å². The van der Waals surface area contributed by atoms with E-state index in [9.17, 15) is 20.0 Å². The van der Waals surface area contributed by atoms with Gasteiger partial charge >= 0.3 is 0 Å². The van der Waals surface area contributed by atoms with Gasteiger partial charge in [-0.2, -0.15) is 10.2 Å². The van der Waals surface area contributed by atoms with Crippen molar-refractivity contribution >= 4 is 33.7 Å². The lowest BCUT2D eigenvalue weighted by atomic mass is 10.2. The van der Waals surface area contributed by atoms with Crippen molar-refractivity contribution in [1.29, 1.82) is 0 Å². The van der Waals surface area contributed by atoms with Crippen LogP contribution in [0, 0.1) is 10.1 Å². The molecule has 0 atom stereocenters. The first-order chi connectivity index (χ1) is 14.4. The van der Waals surface area contributed by atoms with Gasteiger partial charge in [0.1, 0.15) is 0 Å². The fraction of sp³-hybridized carbons (Fsp3) is 0.105. The van der Waals surface area contributed by atoms with Crippen molar-refractivity contribution in [3.8, 4) is 11.5 Å². The molecular formula is C19H16BrN5O5. The number of benzene rings is 2. The number of rotatable bonds is 7. The third-order valence-electron chi connectivity index (χ3n) is 4.01. The Balaban J connectivity index is 1.65. The minimum absolute atomic E-state index is 0.00109. The topological polar surface area (TPSA) is 132 Å². The number of carbonyl (C=O) groups excluding carboxylic acids is 1. The number of phenols is 1. The number of ether oxygens (including phenoxy) is 1. The number of nitro benzene ring substituents is 1. The summed E-state index contributed by atoms with van der Waals surface area (Å²) < 4.78 is 7.03. The van der Waals surface area contributed by atoms with Crippen LogP contribution in [0.4, 0.5) is 5.69 Å². The molecule has 2 N–H and O–H groups in total. The summed E-state index contributed by atoms with van der Waals surface area (Å²) in [5.74, 6) is -0.231. The lowest BCUT2D eigenvalue weighted by Gasteiger charge is -2.03. The van der Waals surface area contributed by atoms with E-state index >= 15 is 0 Å². The van der Waals surface area contributed by atoms with Crippen LogP contribution in [0.2, 0.25) is 0 Å². The highest BCUT2D eigenvalue weighted by molar-refractivity contribution is 9.10. The second-order valence-electron chi connectivity index (χ2n) is 6.08. The Bertz CT molecular complexity index is 1110. The third-order valence-corrected chi connectivity index (χ3v) is 4.59. The number of aromatic hydroxyl groups is 1. The SMILES string of the molecule is COc1cc(/C=N/NC(=O)c2nn(Cc3ccc([N+](=O)[O-])cc3)cc2Br)ccc1O. The number of phenolic OH excluding ortho intramolecular Hbond substituents is 1. The molecule has 0 unspecified atom stereocenters. The zero-order chi connectivity index (χ0) is 21.7. The monoisotopic (exact) mass is 473 g/mol. The predicted octanol–water partition coefficient (Wildman–Crippen LogP) is 3.08. The van der Waals surface area contributed by atoms with E-state index in [1.165, 1.54) is 36.2 Å². The molecule has 3 aromatic rings. The molecule has 0 aliphatic carbocycles. The molecule has 1 aromatic heterocycles. The molecule has 10 nitrogen and oxygen atoms in total. The zero-order valence-corrected chi connectivity index (χ0v) is 17.2. The Morgan fingerprint density at radius 1 is 1.37 bits per heavy atom. The number of hydrogen-bond donors (Lipinski definition) is 2. The minimum atomic E-state index is -0.522. The molecule has 0 saturated carbocycles. The van der Waals surface area contributed by atoms with Gasteiger partial charge in [-0.1, -0.05) is 12.1 Å². The van der Waals surface area contributed by atoms with Gasteiger partial charge in [-0.05, 0) is 45.3 Å². The molecule has 11 heteroatoms. The van der Waals surface area contributed by atoms with Crippen molar-refractivity contribution in [1.82, 2.24) is 15.2 Å². The summed E-state index contributed by atoms with van der Waals surface area (Å²) in [5, 5.41) is 28.4. The van der Waals surface area contributed by atoms with E-state index < -0.39 is 10.8 Å². The average Bonchev–Trinajstić information content (AvgIpc) is 3.09. The number of non-ortho nitro benzene ring substituents is 1. The van der Waals surface area contributed by atoms with Crippen LogP contribution in [0.25, 0.3) is 0 Å². The van der Waals surface area contributed by atoms with E-state index in [1.54, 1.807) is 30.5 Å². The number of methoxy groups -OCH3 is 1. The van der Waals surface area contributed by atoms with Crippen molar-refractivity contribution in [3.63, 3.8) is 0 Å². The molecule has 154 valence electrons. The molecule has 30 heavy (non-hydrogen) atoms. The highest BCUT2D eigenvalue weighted by Crippen LogP contribution is 2.25. The molecule has 0 aliphatic rings. The summed E-state index contributed by atoms with van der Waals surface area (Å²) in [5.41, 5.74) is 3.94. The van der Waals surface area contributed by atoms with Crippen molar-refractivity contribution in [2.24, 2.45) is 5.10 Å². The summed E-state index contributed by atoms with van der Waals surface area (Å²) in [6, 6.07) is 10.7. The van der Waals surface area contributed by atoms with Crippen molar-refractivity contribution < 1.29 is 19.6 Å². The number of nitrogens with one attached hydrogen (secondary N) is 1. The lowest BCUT2D eigenvalue weighted by molar-refractivity contribution is -0.384. The van der Waals surface area contributed by atoms with E-state index in [-0.39, 0.29) is 22.9 Å². The van der Waals surface area contributed by atoms with Crippen molar-refractivity contribution in [3.05, 3.63) is 80.1 Å². The minimum Gasteiger partial charge on any atom is -0.504 e. The Morgan fingerprint density at radius 2 is 2.10 bits per heavy atom. The standard InChI is InChI=1S/C19H16BrN5O5/c1-30-17-8-13(4-7-16(17)26)9-21-22-19(27)18-15(20)11-24(23-18)10-12-2-5-14(6-3-12)25(28)29/h2-9,11,26H,10H2,1H3,(H,22,27)/b21-9+. The molecule has 3 rings (SSSR count). The van der Waals surface area contributed by atoms with E-state index in [1.807, 2.05) is 0 Å². The Labute approximate surface area is 179 Å². The molecule has 0 spiro atoms. The number of halogens is 1. The summed E-state index contributed by atoms with van der Waals surface area (Å²) in [6.07, 6.45) is 3.03. The normalized spacial score (nSPS) is 10.9. The van der Waals surface area contributed by atoms with Crippen LogP contribution in [0.3, 0.4) is 0 Å². The molecule has 1 amide bonds. The van der Waals surface area contributed by atoms with Crippen LogP contribution in [-0.4, -0.2) is 39.0 Å². The van der Waals surface area contributed by atoms with Gasteiger partial charge in [-0.25, -0.2) is 5.43 Å². The predicted molar refractivity (Wildman–Crippen MR) is 112 cm³/mol.